The first-order chi connectivity index (χ1) is 4.77. The van der Waals surface area contributed by atoms with Crippen molar-refractivity contribution in [2.24, 2.45) is 0 Å². The van der Waals surface area contributed by atoms with Crippen LogP contribution in [0, 0.1) is 0 Å². The highest BCUT2D eigenvalue weighted by Crippen LogP contribution is 2.02. The summed E-state index contributed by atoms with van der Waals surface area (Å²) in [6, 6.07) is 0. The molecule has 0 aromatic rings. The SMILES string of the molecule is O=C(O)CCCCCCF. The summed E-state index contributed by atoms with van der Waals surface area (Å²) in [5.74, 6) is -0.764. The third-order valence-corrected chi connectivity index (χ3v) is 1.27. The van der Waals surface area contributed by atoms with E-state index in [1.165, 1.54) is 0 Å². The number of hydrogen-bond donors (Lipinski definition) is 1. The molecule has 0 amide bonds. The minimum Gasteiger partial charge on any atom is -0.481 e. The zero-order chi connectivity index (χ0) is 7.82. The van der Waals surface area contributed by atoms with E-state index in [0.29, 0.717) is 12.8 Å². The maximum atomic E-state index is 11.5. The molecule has 0 spiro atoms. The molecule has 0 aliphatic heterocycles. The molecule has 0 rings (SSSR count). The molecule has 2 nitrogen and oxygen atoms in total. The largest absolute Gasteiger partial charge is 0.481 e. The van der Waals surface area contributed by atoms with Gasteiger partial charge in [0.15, 0.2) is 0 Å². The molecule has 0 aromatic carbocycles. The van der Waals surface area contributed by atoms with Crippen molar-refractivity contribution < 1.29 is 14.3 Å². The van der Waals surface area contributed by atoms with Crippen LogP contribution in [0.5, 0.6) is 0 Å². The lowest BCUT2D eigenvalue weighted by molar-refractivity contribution is -0.137. The smallest absolute Gasteiger partial charge is 0.303 e. The van der Waals surface area contributed by atoms with E-state index >= 15 is 0 Å². The van der Waals surface area contributed by atoms with E-state index in [1.54, 1.807) is 0 Å². The first kappa shape index (κ1) is 9.40. The molecule has 1 N–H and O–H groups in total. The predicted molar refractivity (Wildman–Crippen MR) is 36.7 cm³/mol. The Kier molecular flexibility index (Phi) is 6.13. The topological polar surface area (TPSA) is 37.3 Å². The first-order valence-corrected chi connectivity index (χ1v) is 3.55. The zero-order valence-corrected chi connectivity index (χ0v) is 5.98. The minimum absolute atomic E-state index is 0.215. The maximum absolute atomic E-state index is 11.5. The van der Waals surface area contributed by atoms with Crippen LogP contribution >= 0.6 is 0 Å². The second kappa shape index (κ2) is 6.52. The molecular weight excluding hydrogens is 135 g/mol. The van der Waals surface area contributed by atoms with Gasteiger partial charge in [-0.3, -0.25) is 9.18 Å². The van der Waals surface area contributed by atoms with Crippen molar-refractivity contribution in [3.8, 4) is 0 Å². The molecule has 10 heavy (non-hydrogen) atoms. The Morgan fingerprint density at radius 3 is 2.30 bits per heavy atom. The van der Waals surface area contributed by atoms with Gasteiger partial charge in [0.25, 0.3) is 0 Å². The normalized spacial score (nSPS) is 9.70. The molecule has 0 aliphatic carbocycles. The van der Waals surface area contributed by atoms with Gasteiger partial charge in [0.2, 0.25) is 0 Å². The van der Waals surface area contributed by atoms with Gasteiger partial charge in [-0.15, -0.1) is 0 Å². The van der Waals surface area contributed by atoms with Crippen LogP contribution in [0.3, 0.4) is 0 Å². The second-order valence-electron chi connectivity index (χ2n) is 2.25. The Morgan fingerprint density at radius 2 is 1.80 bits per heavy atom. The van der Waals surface area contributed by atoms with E-state index in [4.69, 9.17) is 5.11 Å². The number of carbonyl (C=O) groups is 1. The summed E-state index contributed by atoms with van der Waals surface area (Å²) in [7, 11) is 0. The molecule has 0 aromatic heterocycles. The summed E-state index contributed by atoms with van der Waals surface area (Å²) in [5.41, 5.74) is 0. The molecule has 0 atom stereocenters. The van der Waals surface area contributed by atoms with Crippen LogP contribution in [-0.2, 0) is 4.79 Å². The first-order valence-electron chi connectivity index (χ1n) is 3.55. The monoisotopic (exact) mass is 148 g/mol. The van der Waals surface area contributed by atoms with Gasteiger partial charge in [-0.1, -0.05) is 12.8 Å². The van der Waals surface area contributed by atoms with Gasteiger partial charge in [-0.05, 0) is 12.8 Å². The maximum Gasteiger partial charge on any atom is 0.303 e. The fourth-order valence-corrected chi connectivity index (χ4v) is 0.724. The van der Waals surface area contributed by atoms with E-state index in [-0.39, 0.29) is 13.1 Å². The number of carboxylic acid groups (broad SMARTS) is 1. The van der Waals surface area contributed by atoms with E-state index < -0.39 is 5.97 Å². The minimum atomic E-state index is -0.764. The second-order valence-corrected chi connectivity index (χ2v) is 2.25. The number of halogens is 1. The molecule has 0 radical (unpaired) electrons. The van der Waals surface area contributed by atoms with E-state index in [1.807, 2.05) is 0 Å². The molecule has 0 fully saturated rings. The van der Waals surface area contributed by atoms with Crippen molar-refractivity contribution >= 4 is 5.97 Å². The average molecular weight is 148 g/mol. The Labute approximate surface area is 60.1 Å². The molecule has 60 valence electrons. The number of hydrogen-bond acceptors (Lipinski definition) is 1. The fraction of sp³-hybridized carbons (Fsp3) is 0.857. The Hall–Kier alpha value is -0.600. The molecule has 3 heteroatoms. The van der Waals surface area contributed by atoms with E-state index in [2.05, 4.69) is 0 Å². The lowest BCUT2D eigenvalue weighted by Crippen LogP contribution is -1.93. The zero-order valence-electron chi connectivity index (χ0n) is 5.98. The molecule has 0 saturated heterocycles. The van der Waals surface area contributed by atoms with Crippen molar-refractivity contribution in [1.29, 1.82) is 0 Å². The van der Waals surface area contributed by atoms with Gasteiger partial charge in [-0.25, -0.2) is 0 Å². The quantitative estimate of drug-likeness (QED) is 0.585. The molecular formula is C7H13FO2. The highest BCUT2D eigenvalue weighted by atomic mass is 19.1. The van der Waals surface area contributed by atoms with Crippen LogP contribution in [0.1, 0.15) is 32.1 Å². The van der Waals surface area contributed by atoms with Crippen LogP contribution in [0.4, 0.5) is 4.39 Å². The highest BCUT2D eigenvalue weighted by Gasteiger charge is 1.95. The standard InChI is InChI=1S/C7H13FO2/c8-6-4-2-1-3-5-7(9)10/h1-6H2,(H,9,10). The van der Waals surface area contributed by atoms with E-state index in [0.717, 1.165) is 12.8 Å². The lowest BCUT2D eigenvalue weighted by Gasteiger charge is -1.94. The van der Waals surface area contributed by atoms with Gasteiger partial charge in [0.1, 0.15) is 0 Å². The Bertz CT molecular complexity index is 93.6. The van der Waals surface area contributed by atoms with Crippen LogP contribution in [0.15, 0.2) is 0 Å². The van der Waals surface area contributed by atoms with Gasteiger partial charge in [0, 0.05) is 6.42 Å². The Balaban J connectivity index is 2.84. The van der Waals surface area contributed by atoms with E-state index in [9.17, 15) is 9.18 Å². The van der Waals surface area contributed by atoms with Crippen LogP contribution < -0.4 is 0 Å². The fourth-order valence-electron chi connectivity index (χ4n) is 0.724. The third kappa shape index (κ3) is 7.40. The van der Waals surface area contributed by atoms with Gasteiger partial charge < -0.3 is 5.11 Å². The summed E-state index contributed by atoms with van der Waals surface area (Å²) in [6.45, 7) is -0.285. The molecule has 0 saturated carbocycles. The summed E-state index contributed by atoms with van der Waals surface area (Å²) < 4.78 is 11.5. The number of alkyl halides is 1. The van der Waals surface area contributed by atoms with Crippen LogP contribution in [0.25, 0.3) is 0 Å². The number of unbranched alkanes of at least 4 members (excludes halogenated alkanes) is 3. The summed E-state index contributed by atoms with van der Waals surface area (Å²) >= 11 is 0. The van der Waals surface area contributed by atoms with Crippen molar-refractivity contribution in [2.75, 3.05) is 6.67 Å². The lowest BCUT2D eigenvalue weighted by atomic mass is 10.1. The van der Waals surface area contributed by atoms with Gasteiger partial charge in [-0.2, -0.15) is 0 Å². The summed E-state index contributed by atoms with van der Waals surface area (Å²) in [6.07, 6.45) is 3.10. The number of aliphatic carboxylic acids is 1. The molecule has 0 aliphatic rings. The number of carboxylic acids is 1. The van der Waals surface area contributed by atoms with Crippen LogP contribution in [-0.4, -0.2) is 17.8 Å². The number of rotatable bonds is 6. The van der Waals surface area contributed by atoms with Gasteiger partial charge >= 0.3 is 5.97 Å². The molecule has 0 unspecified atom stereocenters. The molecule has 0 bridgehead atoms. The van der Waals surface area contributed by atoms with Crippen molar-refractivity contribution in [1.82, 2.24) is 0 Å². The average Bonchev–Trinajstić information content (AvgIpc) is 1.87. The predicted octanol–water partition coefficient (Wildman–Crippen LogP) is 1.99. The summed E-state index contributed by atoms with van der Waals surface area (Å²) in [5, 5.41) is 8.20. The highest BCUT2D eigenvalue weighted by molar-refractivity contribution is 5.66. The van der Waals surface area contributed by atoms with Gasteiger partial charge in [0.05, 0.1) is 6.67 Å². The van der Waals surface area contributed by atoms with Crippen molar-refractivity contribution in [2.45, 2.75) is 32.1 Å². The Morgan fingerprint density at radius 1 is 1.20 bits per heavy atom. The summed E-state index contributed by atoms with van der Waals surface area (Å²) in [4.78, 5) is 9.96. The van der Waals surface area contributed by atoms with Crippen molar-refractivity contribution in [3.05, 3.63) is 0 Å². The molecule has 0 heterocycles. The van der Waals surface area contributed by atoms with Crippen molar-refractivity contribution in [3.63, 3.8) is 0 Å². The third-order valence-electron chi connectivity index (χ3n) is 1.27. The van der Waals surface area contributed by atoms with Crippen LogP contribution in [0.2, 0.25) is 0 Å².